The zero-order valence-corrected chi connectivity index (χ0v) is 10.4. The topological polar surface area (TPSA) is 61.4 Å². The van der Waals surface area contributed by atoms with Crippen LogP contribution >= 0.6 is 0 Å². The fourth-order valence-corrected chi connectivity index (χ4v) is 2.75. The summed E-state index contributed by atoms with van der Waals surface area (Å²) in [5.74, 6) is -0.164. The molecule has 1 saturated heterocycles. The molecule has 1 aromatic carbocycles. The summed E-state index contributed by atoms with van der Waals surface area (Å²) in [6.07, 6.45) is 0. The van der Waals surface area contributed by atoms with Crippen molar-refractivity contribution < 1.29 is 9.59 Å². The van der Waals surface area contributed by atoms with Gasteiger partial charge in [-0.3, -0.25) is 14.5 Å². The molecular weight excluding hydrogens is 230 g/mol. The number of rotatable bonds is 0. The standard InChI is InChI=1S/C13H15N3O2/c1-7-3-8(2)12-9(4-7)15-13(18)10-5-14-6-11(17)16(10)12/h3-4,10,14H,5-6H2,1-2H3,(H,15,18). The number of fused-ring (bicyclic) bond motifs is 3. The minimum absolute atomic E-state index is 0.0469. The molecule has 5 nitrogen and oxygen atoms in total. The van der Waals surface area contributed by atoms with Crippen LogP contribution in [0.25, 0.3) is 0 Å². The first kappa shape index (κ1) is 11.2. The predicted octanol–water partition coefficient (Wildman–Crippen LogP) is 0.560. The Morgan fingerprint density at radius 2 is 2.06 bits per heavy atom. The van der Waals surface area contributed by atoms with E-state index in [1.165, 1.54) is 0 Å². The third-order valence-corrected chi connectivity index (χ3v) is 3.44. The highest BCUT2D eigenvalue weighted by Crippen LogP contribution is 2.36. The molecule has 0 saturated carbocycles. The molecule has 2 heterocycles. The van der Waals surface area contributed by atoms with Crippen LogP contribution in [0, 0.1) is 13.8 Å². The minimum Gasteiger partial charge on any atom is -0.322 e. The molecule has 1 atom stereocenters. The van der Waals surface area contributed by atoms with Crippen LogP contribution in [0.5, 0.6) is 0 Å². The van der Waals surface area contributed by atoms with Gasteiger partial charge in [-0.25, -0.2) is 0 Å². The van der Waals surface area contributed by atoms with Crippen molar-refractivity contribution in [2.24, 2.45) is 0 Å². The maximum Gasteiger partial charge on any atom is 0.248 e. The van der Waals surface area contributed by atoms with Gasteiger partial charge in [-0.2, -0.15) is 0 Å². The molecule has 3 rings (SSSR count). The van der Waals surface area contributed by atoms with E-state index in [9.17, 15) is 9.59 Å². The maximum absolute atomic E-state index is 12.1. The smallest absolute Gasteiger partial charge is 0.248 e. The SMILES string of the molecule is Cc1cc(C)c2c(c1)NC(=O)C1CNCC(=O)N21. The van der Waals surface area contributed by atoms with Gasteiger partial charge in [-0.15, -0.1) is 0 Å². The lowest BCUT2D eigenvalue weighted by Crippen LogP contribution is -2.61. The van der Waals surface area contributed by atoms with Gasteiger partial charge in [-0.05, 0) is 31.0 Å². The average molecular weight is 245 g/mol. The van der Waals surface area contributed by atoms with E-state index in [4.69, 9.17) is 0 Å². The van der Waals surface area contributed by atoms with Crippen LogP contribution in [0.15, 0.2) is 12.1 Å². The molecule has 0 aromatic heterocycles. The maximum atomic E-state index is 12.1. The molecular formula is C13H15N3O2. The summed E-state index contributed by atoms with van der Waals surface area (Å²) in [5, 5.41) is 5.86. The number of piperazine rings is 1. The molecule has 2 aliphatic heterocycles. The van der Waals surface area contributed by atoms with Gasteiger partial charge in [0.25, 0.3) is 0 Å². The third kappa shape index (κ3) is 1.51. The molecule has 1 unspecified atom stereocenters. The van der Waals surface area contributed by atoms with Crippen molar-refractivity contribution in [3.05, 3.63) is 23.3 Å². The first-order chi connectivity index (χ1) is 8.58. The fraction of sp³-hybridized carbons (Fsp3) is 0.385. The lowest BCUT2D eigenvalue weighted by Gasteiger charge is -2.40. The van der Waals surface area contributed by atoms with E-state index in [1.54, 1.807) is 4.90 Å². The van der Waals surface area contributed by atoms with Gasteiger partial charge >= 0.3 is 0 Å². The number of hydrogen-bond acceptors (Lipinski definition) is 3. The first-order valence-corrected chi connectivity index (χ1v) is 6.03. The summed E-state index contributed by atoms with van der Waals surface area (Å²) in [5.41, 5.74) is 3.68. The van der Waals surface area contributed by atoms with Crippen LogP contribution in [0.3, 0.4) is 0 Å². The van der Waals surface area contributed by atoms with Crippen molar-refractivity contribution in [2.75, 3.05) is 23.3 Å². The molecule has 2 amide bonds. The van der Waals surface area contributed by atoms with Crippen molar-refractivity contribution >= 4 is 23.2 Å². The van der Waals surface area contributed by atoms with E-state index in [2.05, 4.69) is 10.6 Å². The number of aryl methyl sites for hydroxylation is 2. The third-order valence-electron chi connectivity index (χ3n) is 3.44. The Hall–Kier alpha value is -1.88. The second-order valence-corrected chi connectivity index (χ2v) is 4.88. The van der Waals surface area contributed by atoms with Crippen molar-refractivity contribution in [3.8, 4) is 0 Å². The van der Waals surface area contributed by atoms with E-state index in [1.807, 2.05) is 26.0 Å². The number of anilines is 2. The molecule has 0 bridgehead atoms. The van der Waals surface area contributed by atoms with E-state index in [-0.39, 0.29) is 18.4 Å². The summed E-state index contributed by atoms with van der Waals surface area (Å²) >= 11 is 0. The zero-order valence-electron chi connectivity index (χ0n) is 10.4. The number of nitrogens with one attached hydrogen (secondary N) is 2. The highest BCUT2D eigenvalue weighted by molar-refractivity contribution is 6.13. The number of hydrogen-bond donors (Lipinski definition) is 2. The van der Waals surface area contributed by atoms with Gasteiger partial charge in [0, 0.05) is 6.54 Å². The summed E-state index contributed by atoms with van der Waals surface area (Å²) in [6.45, 7) is 4.74. The lowest BCUT2D eigenvalue weighted by molar-refractivity contribution is -0.124. The van der Waals surface area contributed by atoms with Crippen LogP contribution in [-0.2, 0) is 9.59 Å². The molecule has 2 N–H and O–H groups in total. The zero-order chi connectivity index (χ0) is 12.9. The Balaban J connectivity index is 2.19. The van der Waals surface area contributed by atoms with Crippen molar-refractivity contribution in [3.63, 3.8) is 0 Å². The number of carbonyl (C=O) groups is 2. The van der Waals surface area contributed by atoms with Gasteiger partial charge in [0.15, 0.2) is 0 Å². The Labute approximate surface area is 105 Å². The molecule has 0 radical (unpaired) electrons. The quantitative estimate of drug-likeness (QED) is 0.702. The Morgan fingerprint density at radius 3 is 2.83 bits per heavy atom. The summed E-state index contributed by atoms with van der Waals surface area (Å²) in [7, 11) is 0. The molecule has 94 valence electrons. The molecule has 5 heteroatoms. The Kier molecular flexibility index (Phi) is 2.38. The van der Waals surface area contributed by atoms with E-state index in [0.29, 0.717) is 6.54 Å². The summed E-state index contributed by atoms with van der Waals surface area (Å²) in [4.78, 5) is 25.7. The van der Waals surface area contributed by atoms with E-state index >= 15 is 0 Å². The molecule has 0 aliphatic carbocycles. The molecule has 2 aliphatic rings. The second kappa shape index (κ2) is 3.81. The fourth-order valence-electron chi connectivity index (χ4n) is 2.75. The van der Waals surface area contributed by atoms with Gasteiger partial charge < -0.3 is 10.6 Å². The van der Waals surface area contributed by atoms with E-state index < -0.39 is 6.04 Å². The second-order valence-electron chi connectivity index (χ2n) is 4.88. The number of amides is 2. The van der Waals surface area contributed by atoms with Gasteiger partial charge in [0.2, 0.25) is 11.8 Å². The average Bonchev–Trinajstić information content (AvgIpc) is 2.29. The summed E-state index contributed by atoms with van der Waals surface area (Å²) in [6, 6.07) is 3.51. The monoisotopic (exact) mass is 245 g/mol. The highest BCUT2D eigenvalue weighted by Gasteiger charge is 2.39. The largest absolute Gasteiger partial charge is 0.322 e. The summed E-state index contributed by atoms with van der Waals surface area (Å²) < 4.78 is 0. The van der Waals surface area contributed by atoms with Crippen LogP contribution in [-0.4, -0.2) is 30.9 Å². The number of nitrogens with zero attached hydrogens (tertiary/aromatic N) is 1. The normalized spacial score (nSPS) is 22.3. The number of benzene rings is 1. The van der Waals surface area contributed by atoms with Crippen LogP contribution < -0.4 is 15.5 Å². The Morgan fingerprint density at radius 1 is 1.28 bits per heavy atom. The van der Waals surface area contributed by atoms with Gasteiger partial charge in [0.1, 0.15) is 6.04 Å². The van der Waals surface area contributed by atoms with Crippen molar-refractivity contribution in [2.45, 2.75) is 19.9 Å². The number of carbonyl (C=O) groups excluding carboxylic acids is 2. The van der Waals surface area contributed by atoms with Crippen LogP contribution in [0.1, 0.15) is 11.1 Å². The van der Waals surface area contributed by atoms with Crippen molar-refractivity contribution in [1.29, 1.82) is 0 Å². The van der Waals surface area contributed by atoms with Gasteiger partial charge in [-0.1, -0.05) is 6.07 Å². The molecule has 1 aromatic rings. The minimum atomic E-state index is -0.430. The molecule has 1 fully saturated rings. The molecule has 18 heavy (non-hydrogen) atoms. The van der Waals surface area contributed by atoms with Gasteiger partial charge in [0.05, 0.1) is 17.9 Å². The Bertz CT molecular complexity index is 553. The highest BCUT2D eigenvalue weighted by atomic mass is 16.2. The van der Waals surface area contributed by atoms with Crippen LogP contribution in [0.4, 0.5) is 11.4 Å². The van der Waals surface area contributed by atoms with Crippen molar-refractivity contribution in [1.82, 2.24) is 5.32 Å². The van der Waals surface area contributed by atoms with E-state index in [0.717, 1.165) is 22.5 Å². The molecule has 0 spiro atoms. The van der Waals surface area contributed by atoms with Crippen LogP contribution in [0.2, 0.25) is 0 Å². The predicted molar refractivity (Wildman–Crippen MR) is 68.7 cm³/mol. The first-order valence-electron chi connectivity index (χ1n) is 6.03. The lowest BCUT2D eigenvalue weighted by atomic mass is 10.0.